The Morgan fingerprint density at radius 2 is 2.11 bits per heavy atom. The van der Waals surface area contributed by atoms with Gasteiger partial charge in [0.15, 0.2) is 0 Å². The maximum atomic E-state index is 12.7. The lowest BCUT2D eigenvalue weighted by molar-refractivity contribution is -0.132. The molecule has 0 spiro atoms. The number of hydrogen-bond acceptors (Lipinski definition) is 4. The van der Waals surface area contributed by atoms with Crippen molar-refractivity contribution >= 4 is 39.1 Å². The smallest absolute Gasteiger partial charge is 0.262 e. The van der Waals surface area contributed by atoms with Crippen LogP contribution in [0.1, 0.15) is 35.4 Å². The van der Waals surface area contributed by atoms with E-state index >= 15 is 0 Å². The number of hydrogen-bond donors (Lipinski definition) is 0. The van der Waals surface area contributed by atoms with Crippen LogP contribution in [0.25, 0.3) is 10.2 Å². The molecule has 0 radical (unpaired) electrons. The van der Waals surface area contributed by atoms with E-state index in [1.807, 2.05) is 45.0 Å². The summed E-state index contributed by atoms with van der Waals surface area (Å²) in [5.41, 5.74) is 1.86. The summed E-state index contributed by atoms with van der Waals surface area (Å²) in [5.74, 6) is -0.0345. The van der Waals surface area contributed by atoms with Crippen LogP contribution in [-0.2, 0) is 11.3 Å². The molecule has 1 aromatic carbocycles. The minimum Gasteiger partial charge on any atom is -0.339 e. The van der Waals surface area contributed by atoms with Gasteiger partial charge in [-0.15, -0.1) is 11.3 Å². The molecule has 5 nitrogen and oxygen atoms in total. The van der Waals surface area contributed by atoms with Crippen molar-refractivity contribution in [1.82, 2.24) is 14.5 Å². The number of fused-ring (bicyclic) bond motifs is 1. The lowest BCUT2D eigenvalue weighted by Gasteiger charge is -2.25. The van der Waals surface area contributed by atoms with Gasteiger partial charge in [-0.2, -0.15) is 0 Å². The van der Waals surface area contributed by atoms with E-state index in [0.29, 0.717) is 17.0 Å². The molecule has 3 rings (SSSR count). The lowest BCUT2D eigenvalue weighted by atomic mass is 10.1. The number of thiophene rings is 1. The molecule has 1 unspecified atom stereocenters. The molecule has 0 aliphatic carbocycles. The average molecular weight is 404 g/mol. The number of halogens is 1. The second kappa shape index (κ2) is 7.82. The van der Waals surface area contributed by atoms with E-state index in [1.165, 1.54) is 22.2 Å². The molecule has 1 amide bonds. The third kappa shape index (κ3) is 3.92. The Balaban J connectivity index is 1.73. The van der Waals surface area contributed by atoms with Crippen molar-refractivity contribution in [3.05, 3.63) is 62.0 Å². The van der Waals surface area contributed by atoms with Crippen LogP contribution in [0, 0.1) is 13.8 Å². The monoisotopic (exact) mass is 403 g/mol. The molecule has 1 atom stereocenters. The van der Waals surface area contributed by atoms with Crippen molar-refractivity contribution in [2.24, 2.45) is 0 Å². The first-order chi connectivity index (χ1) is 12.8. The molecule has 3 aromatic rings. The Hall–Kier alpha value is -2.18. The molecular formula is C20H22ClN3O2S. The maximum Gasteiger partial charge on any atom is 0.262 e. The van der Waals surface area contributed by atoms with E-state index in [2.05, 4.69) is 4.98 Å². The summed E-state index contributed by atoms with van der Waals surface area (Å²) in [6.07, 6.45) is 1.77. The zero-order valence-electron chi connectivity index (χ0n) is 15.8. The first kappa shape index (κ1) is 19.6. The molecule has 0 fully saturated rings. The number of aryl methyl sites for hydroxylation is 3. The highest BCUT2D eigenvalue weighted by molar-refractivity contribution is 7.18. The van der Waals surface area contributed by atoms with Gasteiger partial charge in [0, 0.05) is 29.9 Å². The summed E-state index contributed by atoms with van der Waals surface area (Å²) in [7, 11) is 1.77. The van der Waals surface area contributed by atoms with Crippen molar-refractivity contribution in [1.29, 1.82) is 0 Å². The van der Waals surface area contributed by atoms with Gasteiger partial charge >= 0.3 is 0 Å². The molecule has 0 aliphatic heterocycles. The Labute approximate surface area is 167 Å². The van der Waals surface area contributed by atoms with Crippen LogP contribution in [0.5, 0.6) is 0 Å². The van der Waals surface area contributed by atoms with Gasteiger partial charge in [0.1, 0.15) is 4.83 Å². The topological polar surface area (TPSA) is 55.2 Å². The maximum absolute atomic E-state index is 12.7. The summed E-state index contributed by atoms with van der Waals surface area (Å²) in [4.78, 5) is 33.3. The number of benzene rings is 1. The minimum absolute atomic E-state index is 0.0345. The number of carbonyl (C=O) groups is 1. The van der Waals surface area contributed by atoms with Crippen LogP contribution in [0.4, 0.5) is 0 Å². The molecule has 7 heteroatoms. The molecule has 0 aliphatic rings. The van der Waals surface area contributed by atoms with E-state index in [0.717, 1.165) is 20.8 Å². The molecule has 0 saturated heterocycles. The largest absolute Gasteiger partial charge is 0.339 e. The standard InChI is InChI=1S/C20H22ClN3O2S/c1-12-14(3)27-19-18(12)20(26)24(11-22-19)9-8-17(25)23(4)13(2)15-6-5-7-16(21)10-15/h5-7,10-11,13H,8-9H2,1-4H3. The second-order valence-corrected chi connectivity index (χ2v) is 8.33. The van der Waals surface area contributed by atoms with Crippen LogP contribution >= 0.6 is 22.9 Å². The molecule has 2 heterocycles. The van der Waals surface area contributed by atoms with Crippen LogP contribution in [0.3, 0.4) is 0 Å². The van der Waals surface area contributed by atoms with Gasteiger partial charge in [-0.05, 0) is 44.0 Å². The van der Waals surface area contributed by atoms with Crippen LogP contribution in [-0.4, -0.2) is 27.4 Å². The zero-order chi connectivity index (χ0) is 19.7. The van der Waals surface area contributed by atoms with E-state index in [9.17, 15) is 9.59 Å². The Kier molecular flexibility index (Phi) is 5.67. The fourth-order valence-electron chi connectivity index (χ4n) is 3.03. The second-order valence-electron chi connectivity index (χ2n) is 6.69. The molecule has 2 aromatic heterocycles. The molecule has 0 bridgehead atoms. The van der Waals surface area contributed by atoms with Gasteiger partial charge in [-0.1, -0.05) is 23.7 Å². The fourth-order valence-corrected chi connectivity index (χ4v) is 4.21. The predicted octanol–water partition coefficient (Wildman–Crippen LogP) is 4.34. The molecule has 0 N–H and O–H groups in total. The Bertz CT molecular complexity index is 1060. The van der Waals surface area contributed by atoms with Gasteiger partial charge in [-0.25, -0.2) is 4.98 Å². The third-order valence-corrected chi connectivity index (χ3v) is 6.38. The Morgan fingerprint density at radius 3 is 2.81 bits per heavy atom. The fraction of sp³-hybridized carbons (Fsp3) is 0.350. The van der Waals surface area contributed by atoms with E-state index in [1.54, 1.807) is 11.9 Å². The summed E-state index contributed by atoms with van der Waals surface area (Å²) in [5, 5.41) is 1.31. The number of carbonyl (C=O) groups excluding carboxylic acids is 1. The zero-order valence-corrected chi connectivity index (χ0v) is 17.4. The lowest BCUT2D eigenvalue weighted by Crippen LogP contribution is -2.31. The summed E-state index contributed by atoms with van der Waals surface area (Å²) < 4.78 is 1.53. The number of rotatable bonds is 5. The normalized spacial score (nSPS) is 12.3. The molecule has 27 heavy (non-hydrogen) atoms. The quantitative estimate of drug-likeness (QED) is 0.636. The van der Waals surface area contributed by atoms with Gasteiger partial charge in [0.2, 0.25) is 5.91 Å². The summed E-state index contributed by atoms with van der Waals surface area (Å²) in [6, 6.07) is 7.39. The SMILES string of the molecule is Cc1sc2ncn(CCC(=O)N(C)C(C)c3cccc(Cl)c3)c(=O)c2c1C. The molecule has 142 valence electrons. The highest BCUT2D eigenvalue weighted by atomic mass is 35.5. The minimum atomic E-state index is -0.102. The van der Waals surface area contributed by atoms with Crippen LogP contribution in [0.15, 0.2) is 35.4 Å². The van der Waals surface area contributed by atoms with Gasteiger partial charge in [0.05, 0.1) is 17.8 Å². The highest BCUT2D eigenvalue weighted by Crippen LogP contribution is 2.25. The van der Waals surface area contributed by atoms with Gasteiger partial charge in [0.25, 0.3) is 5.56 Å². The summed E-state index contributed by atoms with van der Waals surface area (Å²) >= 11 is 7.57. The third-order valence-electron chi connectivity index (χ3n) is 5.03. The van der Waals surface area contributed by atoms with E-state index < -0.39 is 0 Å². The first-order valence-electron chi connectivity index (χ1n) is 8.76. The van der Waals surface area contributed by atoms with Crippen LogP contribution in [0.2, 0.25) is 5.02 Å². The van der Waals surface area contributed by atoms with Crippen molar-refractivity contribution in [2.75, 3.05) is 7.05 Å². The molecular weight excluding hydrogens is 382 g/mol. The predicted molar refractivity (Wildman–Crippen MR) is 111 cm³/mol. The number of nitrogens with zero attached hydrogens (tertiary/aromatic N) is 3. The molecule has 0 saturated carbocycles. The van der Waals surface area contributed by atoms with Gasteiger partial charge in [-0.3, -0.25) is 14.2 Å². The van der Waals surface area contributed by atoms with Crippen LogP contribution < -0.4 is 5.56 Å². The highest BCUT2D eigenvalue weighted by Gasteiger charge is 2.18. The van der Waals surface area contributed by atoms with E-state index in [-0.39, 0.29) is 23.9 Å². The average Bonchev–Trinajstić information content (AvgIpc) is 2.94. The number of aromatic nitrogens is 2. The Morgan fingerprint density at radius 1 is 1.37 bits per heavy atom. The van der Waals surface area contributed by atoms with E-state index in [4.69, 9.17) is 11.6 Å². The summed E-state index contributed by atoms with van der Waals surface area (Å²) in [6.45, 7) is 6.19. The van der Waals surface area contributed by atoms with Crippen molar-refractivity contribution in [3.8, 4) is 0 Å². The van der Waals surface area contributed by atoms with Crippen molar-refractivity contribution in [2.45, 2.75) is 39.8 Å². The number of amides is 1. The van der Waals surface area contributed by atoms with Gasteiger partial charge < -0.3 is 4.90 Å². The van der Waals surface area contributed by atoms with Crippen molar-refractivity contribution < 1.29 is 4.79 Å². The van der Waals surface area contributed by atoms with Crippen molar-refractivity contribution in [3.63, 3.8) is 0 Å². The first-order valence-corrected chi connectivity index (χ1v) is 9.95.